The molecule has 1 atom stereocenters. The summed E-state index contributed by atoms with van der Waals surface area (Å²) in [5.74, 6) is -1.05. The topological polar surface area (TPSA) is 78.9 Å². The molecule has 0 radical (unpaired) electrons. The molecule has 0 saturated heterocycles. The number of carbonyl (C=O) groups excluding carboxylic acids is 3. The quantitative estimate of drug-likeness (QED) is 0.0199. The van der Waals surface area contributed by atoms with E-state index in [9.17, 15) is 14.4 Å². The maximum Gasteiger partial charge on any atom is 0.306 e. The van der Waals surface area contributed by atoms with Gasteiger partial charge in [-0.3, -0.25) is 14.4 Å². The van der Waals surface area contributed by atoms with Crippen molar-refractivity contribution in [2.24, 2.45) is 0 Å². The Morgan fingerprint density at radius 3 is 1.16 bits per heavy atom. The molecule has 6 nitrogen and oxygen atoms in total. The molecule has 0 aliphatic carbocycles. The number of rotatable bonds is 45. The van der Waals surface area contributed by atoms with Crippen molar-refractivity contribution in [2.75, 3.05) is 13.2 Å². The third-order valence-corrected chi connectivity index (χ3v) is 10.7. The second-order valence-electron chi connectivity index (χ2n) is 16.8. The highest BCUT2D eigenvalue weighted by atomic mass is 16.6. The molecule has 0 aromatic heterocycles. The number of carbonyl (C=O) groups is 3. The predicted octanol–water partition coefficient (Wildman–Crippen LogP) is 17.0. The predicted molar refractivity (Wildman–Crippen MR) is 270 cm³/mol. The summed E-state index contributed by atoms with van der Waals surface area (Å²) in [4.78, 5) is 37.9. The zero-order chi connectivity index (χ0) is 45.8. The Morgan fingerprint density at radius 1 is 0.349 bits per heavy atom. The van der Waals surface area contributed by atoms with Crippen molar-refractivity contribution in [3.05, 3.63) is 97.2 Å². The van der Waals surface area contributed by atoms with Crippen LogP contribution in [-0.2, 0) is 28.6 Å². The molecule has 0 rings (SSSR count). The molecule has 0 heterocycles. The van der Waals surface area contributed by atoms with Gasteiger partial charge in [-0.2, -0.15) is 0 Å². The molecule has 358 valence electrons. The van der Waals surface area contributed by atoms with Gasteiger partial charge in [0.1, 0.15) is 13.2 Å². The summed E-state index contributed by atoms with van der Waals surface area (Å²) in [7, 11) is 0. The zero-order valence-electron chi connectivity index (χ0n) is 40.8. The summed E-state index contributed by atoms with van der Waals surface area (Å²) in [6.45, 7) is 6.38. The van der Waals surface area contributed by atoms with E-state index >= 15 is 0 Å². The summed E-state index contributed by atoms with van der Waals surface area (Å²) in [5, 5.41) is 0. The Hall–Kier alpha value is -3.67. The molecule has 0 spiro atoms. The van der Waals surface area contributed by atoms with E-state index in [-0.39, 0.29) is 44.0 Å². The van der Waals surface area contributed by atoms with Crippen LogP contribution in [0.4, 0.5) is 0 Å². The van der Waals surface area contributed by atoms with E-state index in [2.05, 4.69) is 63.3 Å². The molecule has 0 N–H and O–H groups in total. The molecule has 0 bridgehead atoms. The van der Waals surface area contributed by atoms with E-state index in [4.69, 9.17) is 14.2 Å². The van der Waals surface area contributed by atoms with E-state index in [1.807, 2.05) is 54.7 Å². The summed E-state index contributed by atoms with van der Waals surface area (Å²) in [6.07, 6.45) is 66.9. The van der Waals surface area contributed by atoms with Crippen LogP contribution in [-0.4, -0.2) is 37.2 Å². The summed E-state index contributed by atoms with van der Waals surface area (Å²) in [6, 6.07) is 0. The van der Waals surface area contributed by atoms with Crippen LogP contribution < -0.4 is 0 Å². The minimum Gasteiger partial charge on any atom is -0.462 e. The lowest BCUT2D eigenvalue weighted by Gasteiger charge is -2.18. The lowest BCUT2D eigenvalue weighted by Crippen LogP contribution is -2.30. The van der Waals surface area contributed by atoms with Crippen LogP contribution in [0, 0.1) is 0 Å². The molecule has 0 aromatic carbocycles. The van der Waals surface area contributed by atoms with Gasteiger partial charge in [0.25, 0.3) is 0 Å². The van der Waals surface area contributed by atoms with Gasteiger partial charge in [-0.1, -0.05) is 240 Å². The van der Waals surface area contributed by atoms with Gasteiger partial charge in [0.05, 0.1) is 0 Å². The van der Waals surface area contributed by atoms with Gasteiger partial charge in [-0.15, -0.1) is 0 Å². The average molecular weight is 875 g/mol. The average Bonchev–Trinajstić information content (AvgIpc) is 3.28. The molecular weight excluding hydrogens is 781 g/mol. The van der Waals surface area contributed by atoms with E-state index < -0.39 is 6.10 Å². The number of unbranched alkanes of at least 4 members (excludes halogenated alkanes) is 22. The van der Waals surface area contributed by atoms with Gasteiger partial charge < -0.3 is 14.2 Å². The lowest BCUT2D eigenvalue weighted by molar-refractivity contribution is -0.167. The molecule has 0 aromatic rings. The van der Waals surface area contributed by atoms with Crippen molar-refractivity contribution in [3.63, 3.8) is 0 Å². The van der Waals surface area contributed by atoms with E-state index in [1.165, 1.54) is 122 Å². The first-order chi connectivity index (χ1) is 31.0. The minimum atomic E-state index is -0.825. The molecule has 6 heteroatoms. The molecule has 1 unspecified atom stereocenters. The first kappa shape index (κ1) is 59.3. The van der Waals surface area contributed by atoms with Gasteiger partial charge in [0.15, 0.2) is 6.10 Å². The molecule has 0 aliphatic heterocycles. The normalized spacial score (nSPS) is 12.9. The van der Waals surface area contributed by atoms with E-state index in [0.29, 0.717) is 19.3 Å². The van der Waals surface area contributed by atoms with Crippen LogP contribution in [0.3, 0.4) is 0 Å². The van der Waals surface area contributed by atoms with Gasteiger partial charge in [0.2, 0.25) is 0 Å². The molecule has 0 fully saturated rings. The Labute approximate surface area is 387 Å². The highest BCUT2D eigenvalue weighted by Crippen LogP contribution is 2.15. The van der Waals surface area contributed by atoms with Crippen molar-refractivity contribution in [1.82, 2.24) is 0 Å². The van der Waals surface area contributed by atoms with Crippen molar-refractivity contribution < 1.29 is 28.6 Å². The summed E-state index contributed by atoms with van der Waals surface area (Å²) < 4.78 is 16.7. The number of ether oxygens (including phenoxy) is 3. The van der Waals surface area contributed by atoms with Crippen LogP contribution in [0.5, 0.6) is 0 Å². The summed E-state index contributed by atoms with van der Waals surface area (Å²) >= 11 is 0. The maximum absolute atomic E-state index is 12.8. The standard InChI is InChI=1S/C57H94O6/c1-4-7-10-13-16-19-22-25-27-28-30-32-35-38-41-44-47-50-56(59)62-53-54(52-61-55(58)49-46-43-40-37-34-31-24-21-18-15-12-9-6-3)63-57(60)51-48-45-42-39-36-33-29-26-23-20-17-14-11-8-5-2/h9,12,15,18,21,24-25,27,30-32,34,37-38,40-41,54H,4-8,10-11,13-14,16-17,19-20,22-23,26,28-29,33,35-36,39,42-53H2,1-3H3/b12-9+,18-15+,24-21+,27-25+,32-30+,34-31+,40-37+,41-38+. The lowest BCUT2D eigenvalue weighted by atomic mass is 10.0. The first-order valence-electron chi connectivity index (χ1n) is 25.8. The van der Waals surface area contributed by atoms with Crippen LogP contribution in [0.2, 0.25) is 0 Å². The number of esters is 3. The Morgan fingerprint density at radius 2 is 0.698 bits per heavy atom. The third-order valence-electron chi connectivity index (χ3n) is 10.7. The van der Waals surface area contributed by atoms with Crippen molar-refractivity contribution in [2.45, 2.75) is 232 Å². The van der Waals surface area contributed by atoms with Crippen molar-refractivity contribution in [3.8, 4) is 0 Å². The van der Waals surface area contributed by atoms with E-state index in [0.717, 1.165) is 51.4 Å². The van der Waals surface area contributed by atoms with Crippen LogP contribution in [0.15, 0.2) is 97.2 Å². The second kappa shape index (κ2) is 51.0. The van der Waals surface area contributed by atoms with Crippen LogP contribution in [0.25, 0.3) is 0 Å². The maximum atomic E-state index is 12.8. The molecular formula is C57H94O6. The molecule has 0 aliphatic rings. The largest absolute Gasteiger partial charge is 0.462 e. The van der Waals surface area contributed by atoms with Crippen molar-refractivity contribution in [1.29, 1.82) is 0 Å². The smallest absolute Gasteiger partial charge is 0.306 e. The van der Waals surface area contributed by atoms with Crippen LogP contribution >= 0.6 is 0 Å². The Kier molecular flexibility index (Phi) is 48.0. The fraction of sp³-hybridized carbons (Fsp3) is 0.667. The number of allylic oxidation sites excluding steroid dienone is 16. The summed E-state index contributed by atoms with van der Waals surface area (Å²) in [5.41, 5.74) is 0. The minimum absolute atomic E-state index is 0.125. The number of hydrogen-bond acceptors (Lipinski definition) is 6. The van der Waals surface area contributed by atoms with Gasteiger partial charge in [-0.25, -0.2) is 0 Å². The fourth-order valence-electron chi connectivity index (χ4n) is 6.84. The van der Waals surface area contributed by atoms with Gasteiger partial charge in [-0.05, 0) is 64.2 Å². The second-order valence-corrected chi connectivity index (χ2v) is 16.8. The molecule has 63 heavy (non-hydrogen) atoms. The highest BCUT2D eigenvalue weighted by molar-refractivity contribution is 5.71. The first-order valence-corrected chi connectivity index (χ1v) is 25.8. The van der Waals surface area contributed by atoms with Gasteiger partial charge >= 0.3 is 17.9 Å². The van der Waals surface area contributed by atoms with Crippen LogP contribution in [0.1, 0.15) is 226 Å². The third kappa shape index (κ3) is 49.2. The van der Waals surface area contributed by atoms with Crippen molar-refractivity contribution >= 4 is 17.9 Å². The molecule has 0 amide bonds. The SMILES string of the molecule is CC/C=C/C=C/C=C/C=C/C=C/CCCC(=O)OCC(COC(=O)CCC/C=C/C/C=C/C/C=C/CCCCCCCC)OC(=O)CCCCCCCCCCCCCCCCC. The van der Waals surface area contributed by atoms with E-state index in [1.54, 1.807) is 0 Å². The number of hydrogen-bond donors (Lipinski definition) is 0. The fourth-order valence-corrected chi connectivity index (χ4v) is 6.84. The monoisotopic (exact) mass is 875 g/mol. The zero-order valence-corrected chi connectivity index (χ0v) is 40.8. The van der Waals surface area contributed by atoms with Gasteiger partial charge in [0, 0.05) is 19.3 Å². The molecule has 0 saturated carbocycles. The Bertz CT molecular complexity index is 1280. The highest BCUT2D eigenvalue weighted by Gasteiger charge is 2.19. The Balaban J connectivity index is 4.54.